The Bertz CT molecular complexity index is 914. The molecule has 0 radical (unpaired) electrons. The molecular weight excluding hydrogens is 383 g/mol. The molecule has 27 heavy (non-hydrogen) atoms. The molecule has 3 aromatic heterocycles. The van der Waals surface area contributed by atoms with Crippen molar-refractivity contribution < 1.29 is 17.7 Å². The van der Waals surface area contributed by atoms with Gasteiger partial charge in [0.25, 0.3) is 0 Å². The average molecular weight is 398 g/mol. The smallest absolute Gasteiger partial charge is 0.357 e. The fourth-order valence-electron chi connectivity index (χ4n) is 2.34. The standard InChI is InChI=1S/C17H15ClF3N5O/c1-9(2)13(16-25-14(26-27-16)10-3-5-22-6-4-10)24-15-12(18)7-11(8-23-15)17(19,20)21/h3-9,13H,1-2H3,(H,23,24). The molecule has 6 nitrogen and oxygen atoms in total. The summed E-state index contributed by atoms with van der Waals surface area (Å²) in [5.74, 6) is 0.726. The zero-order valence-corrected chi connectivity index (χ0v) is 15.1. The lowest BCUT2D eigenvalue weighted by molar-refractivity contribution is -0.137. The van der Waals surface area contributed by atoms with Crippen molar-refractivity contribution >= 4 is 17.4 Å². The molecule has 3 rings (SSSR count). The maximum Gasteiger partial charge on any atom is 0.417 e. The van der Waals surface area contributed by atoms with E-state index in [0.717, 1.165) is 17.8 Å². The van der Waals surface area contributed by atoms with E-state index < -0.39 is 17.8 Å². The number of anilines is 1. The number of hydrogen-bond donors (Lipinski definition) is 1. The van der Waals surface area contributed by atoms with Crippen molar-refractivity contribution in [2.24, 2.45) is 5.92 Å². The maximum atomic E-state index is 12.8. The Kier molecular flexibility index (Phi) is 5.31. The molecule has 142 valence electrons. The molecule has 1 N–H and O–H groups in total. The van der Waals surface area contributed by atoms with E-state index in [1.807, 2.05) is 13.8 Å². The third-order valence-electron chi connectivity index (χ3n) is 3.77. The first-order chi connectivity index (χ1) is 12.8. The minimum Gasteiger partial charge on any atom is -0.357 e. The van der Waals surface area contributed by atoms with Crippen molar-refractivity contribution in [2.45, 2.75) is 26.1 Å². The van der Waals surface area contributed by atoms with Gasteiger partial charge in [0, 0.05) is 24.2 Å². The van der Waals surface area contributed by atoms with Gasteiger partial charge >= 0.3 is 6.18 Å². The van der Waals surface area contributed by atoms with Crippen molar-refractivity contribution in [3.05, 3.63) is 53.3 Å². The molecule has 3 heterocycles. The molecule has 0 saturated carbocycles. The molecule has 0 aliphatic heterocycles. The van der Waals surface area contributed by atoms with Gasteiger partial charge in [0.1, 0.15) is 11.9 Å². The van der Waals surface area contributed by atoms with E-state index in [2.05, 4.69) is 25.4 Å². The van der Waals surface area contributed by atoms with Crippen molar-refractivity contribution in [2.75, 3.05) is 5.32 Å². The highest BCUT2D eigenvalue weighted by molar-refractivity contribution is 6.33. The second-order valence-corrected chi connectivity index (χ2v) is 6.52. The van der Waals surface area contributed by atoms with Gasteiger partial charge in [-0.25, -0.2) is 4.98 Å². The molecule has 0 aliphatic carbocycles. The summed E-state index contributed by atoms with van der Waals surface area (Å²) in [6.45, 7) is 3.79. The van der Waals surface area contributed by atoms with Crippen LogP contribution in [0.15, 0.2) is 41.3 Å². The number of hydrogen-bond acceptors (Lipinski definition) is 6. The number of pyridine rings is 2. The number of halogens is 4. The highest BCUT2D eigenvalue weighted by atomic mass is 35.5. The second-order valence-electron chi connectivity index (χ2n) is 6.11. The molecule has 0 aliphatic rings. The van der Waals surface area contributed by atoms with E-state index in [0.29, 0.717) is 5.82 Å². The SMILES string of the molecule is CC(C)C(Nc1ncc(C(F)(F)F)cc1Cl)c1nc(-c2ccncc2)no1. The lowest BCUT2D eigenvalue weighted by Crippen LogP contribution is -2.18. The van der Waals surface area contributed by atoms with Crippen molar-refractivity contribution in [1.82, 2.24) is 20.1 Å². The Balaban J connectivity index is 1.86. The summed E-state index contributed by atoms with van der Waals surface area (Å²) in [5, 5.41) is 6.78. The number of nitrogens with zero attached hydrogens (tertiary/aromatic N) is 4. The molecule has 0 aromatic carbocycles. The van der Waals surface area contributed by atoms with E-state index in [1.165, 1.54) is 0 Å². The number of nitrogens with one attached hydrogen (secondary N) is 1. The normalized spacial score (nSPS) is 13.0. The molecular formula is C17H15ClF3N5O. The van der Waals surface area contributed by atoms with Crippen LogP contribution in [0, 0.1) is 5.92 Å². The predicted molar refractivity (Wildman–Crippen MR) is 93.0 cm³/mol. The van der Waals surface area contributed by atoms with Crippen LogP contribution in [-0.2, 0) is 6.18 Å². The Labute approximate surface area is 157 Å². The van der Waals surface area contributed by atoms with Gasteiger partial charge in [-0.1, -0.05) is 30.6 Å². The van der Waals surface area contributed by atoms with E-state index >= 15 is 0 Å². The first kappa shape index (κ1) is 19.1. The van der Waals surface area contributed by atoms with Crippen LogP contribution in [0.2, 0.25) is 5.02 Å². The minimum absolute atomic E-state index is 0.0316. The topological polar surface area (TPSA) is 76.7 Å². The Hall–Kier alpha value is -2.68. The summed E-state index contributed by atoms with van der Waals surface area (Å²) in [6, 6.07) is 3.81. The largest absolute Gasteiger partial charge is 0.417 e. The van der Waals surface area contributed by atoms with Crippen molar-refractivity contribution in [3.8, 4) is 11.4 Å². The number of alkyl halides is 3. The van der Waals surface area contributed by atoms with Gasteiger partial charge in [0.2, 0.25) is 11.7 Å². The summed E-state index contributed by atoms with van der Waals surface area (Å²) in [6.07, 6.45) is -0.578. The van der Waals surface area contributed by atoms with Crippen LogP contribution in [0.3, 0.4) is 0 Å². The van der Waals surface area contributed by atoms with Gasteiger partial charge in [-0.2, -0.15) is 18.2 Å². The second kappa shape index (κ2) is 7.51. The van der Waals surface area contributed by atoms with Gasteiger partial charge in [0.05, 0.1) is 10.6 Å². The van der Waals surface area contributed by atoms with Crippen LogP contribution in [0.5, 0.6) is 0 Å². The third kappa shape index (κ3) is 4.36. The molecule has 1 atom stereocenters. The average Bonchev–Trinajstić information content (AvgIpc) is 3.10. The van der Waals surface area contributed by atoms with Crippen LogP contribution in [-0.4, -0.2) is 20.1 Å². The number of aromatic nitrogens is 4. The Morgan fingerprint density at radius 3 is 2.48 bits per heavy atom. The van der Waals surface area contributed by atoms with Crippen LogP contribution in [0.25, 0.3) is 11.4 Å². The fourth-order valence-corrected chi connectivity index (χ4v) is 2.56. The summed E-state index contributed by atoms with van der Waals surface area (Å²) >= 11 is 5.97. The molecule has 3 aromatic rings. The first-order valence-corrected chi connectivity index (χ1v) is 8.37. The highest BCUT2D eigenvalue weighted by Gasteiger charge is 2.32. The minimum atomic E-state index is -4.52. The van der Waals surface area contributed by atoms with Crippen LogP contribution < -0.4 is 5.32 Å². The molecule has 0 spiro atoms. The van der Waals surface area contributed by atoms with Gasteiger partial charge in [0.15, 0.2) is 0 Å². The quantitative estimate of drug-likeness (QED) is 0.652. The van der Waals surface area contributed by atoms with Crippen molar-refractivity contribution in [1.29, 1.82) is 0 Å². The summed E-state index contributed by atoms with van der Waals surface area (Å²) in [5.41, 5.74) is -0.190. The van der Waals surface area contributed by atoms with E-state index in [-0.39, 0.29) is 22.6 Å². The zero-order chi connectivity index (χ0) is 19.6. The van der Waals surface area contributed by atoms with Crippen LogP contribution >= 0.6 is 11.6 Å². The van der Waals surface area contributed by atoms with Gasteiger partial charge in [-0.05, 0) is 24.1 Å². The molecule has 0 amide bonds. The van der Waals surface area contributed by atoms with Gasteiger partial charge in [-0.3, -0.25) is 4.98 Å². The monoisotopic (exact) mass is 397 g/mol. The predicted octanol–water partition coefficient (Wildman–Crippen LogP) is 5.01. The molecule has 1 unspecified atom stereocenters. The van der Waals surface area contributed by atoms with Crippen LogP contribution in [0.4, 0.5) is 19.0 Å². The third-order valence-corrected chi connectivity index (χ3v) is 4.06. The van der Waals surface area contributed by atoms with Gasteiger partial charge < -0.3 is 9.84 Å². The fraction of sp³-hybridized carbons (Fsp3) is 0.294. The van der Waals surface area contributed by atoms with Crippen molar-refractivity contribution in [3.63, 3.8) is 0 Å². The van der Waals surface area contributed by atoms with E-state index in [9.17, 15) is 13.2 Å². The molecule has 10 heteroatoms. The maximum absolute atomic E-state index is 12.8. The van der Waals surface area contributed by atoms with E-state index in [1.54, 1.807) is 24.5 Å². The van der Waals surface area contributed by atoms with Crippen LogP contribution in [0.1, 0.15) is 31.3 Å². The highest BCUT2D eigenvalue weighted by Crippen LogP contribution is 2.34. The lowest BCUT2D eigenvalue weighted by atomic mass is 10.0. The summed E-state index contributed by atoms with van der Waals surface area (Å²) in [4.78, 5) is 12.1. The number of rotatable bonds is 5. The zero-order valence-electron chi connectivity index (χ0n) is 14.3. The molecule has 0 saturated heterocycles. The van der Waals surface area contributed by atoms with E-state index in [4.69, 9.17) is 16.1 Å². The molecule has 0 bridgehead atoms. The Morgan fingerprint density at radius 2 is 1.89 bits per heavy atom. The lowest BCUT2D eigenvalue weighted by Gasteiger charge is -2.20. The van der Waals surface area contributed by atoms with Gasteiger partial charge in [-0.15, -0.1) is 0 Å². The molecule has 0 fully saturated rings. The Morgan fingerprint density at radius 1 is 1.19 bits per heavy atom. The first-order valence-electron chi connectivity index (χ1n) is 7.99. The summed E-state index contributed by atoms with van der Waals surface area (Å²) in [7, 11) is 0. The summed E-state index contributed by atoms with van der Waals surface area (Å²) < 4.78 is 43.6.